The Kier molecular flexibility index (Phi) is 1.92. The molecule has 0 aromatic rings. The summed E-state index contributed by atoms with van der Waals surface area (Å²) in [5.41, 5.74) is 0.0267. The highest BCUT2D eigenvalue weighted by Crippen LogP contribution is 2.65. The molecule has 0 aromatic heterocycles. The minimum absolute atomic E-state index is 0.0267. The van der Waals surface area contributed by atoms with Crippen molar-refractivity contribution in [2.45, 2.75) is 45.2 Å². The first kappa shape index (κ1) is 9.68. The maximum Gasteiger partial charge on any atom is 0.0631 e. The Balaban J connectivity index is 2.16. The summed E-state index contributed by atoms with van der Waals surface area (Å²) in [7, 11) is 12.6. The van der Waals surface area contributed by atoms with Crippen molar-refractivity contribution in [3.8, 4) is 0 Å². The minimum atomic E-state index is -0.461. The Morgan fingerprint density at radius 3 is 1.77 bits per heavy atom. The third kappa shape index (κ3) is 1.21. The van der Waals surface area contributed by atoms with Crippen molar-refractivity contribution in [1.29, 1.82) is 0 Å². The Labute approximate surface area is 84.7 Å². The summed E-state index contributed by atoms with van der Waals surface area (Å²) in [6, 6.07) is 0. The Bertz CT molecular complexity index is 201. The predicted molar refractivity (Wildman–Crippen MR) is 58.0 cm³/mol. The smallest absolute Gasteiger partial charge is 0.0631 e. The lowest BCUT2D eigenvalue weighted by Gasteiger charge is -2.54. The van der Waals surface area contributed by atoms with Gasteiger partial charge in [0.25, 0.3) is 0 Å². The third-order valence-corrected chi connectivity index (χ3v) is 4.38. The van der Waals surface area contributed by atoms with Crippen LogP contribution in [0.3, 0.4) is 0 Å². The summed E-state index contributed by atoms with van der Waals surface area (Å²) in [5.74, 6) is 2.26. The monoisotopic (exact) mass is 172 g/mol. The summed E-state index contributed by atoms with van der Waals surface area (Å²) in [5, 5.41) is -0.461. The first-order valence-corrected chi connectivity index (χ1v) is 5.42. The van der Waals surface area contributed by atoms with Gasteiger partial charge in [0.1, 0.15) is 0 Å². The fourth-order valence-electron chi connectivity index (χ4n) is 3.17. The van der Waals surface area contributed by atoms with E-state index < -0.39 is 5.21 Å². The van der Waals surface area contributed by atoms with Crippen LogP contribution in [0.1, 0.15) is 40.0 Å². The first-order chi connectivity index (χ1) is 5.84. The van der Waals surface area contributed by atoms with Crippen LogP contribution < -0.4 is 0 Å². The molecule has 3 saturated carbocycles. The average molecular weight is 172 g/mol. The van der Waals surface area contributed by atoms with Crippen LogP contribution >= 0.6 is 0 Å². The fraction of sp³-hybridized carbons (Fsp3) is 1.00. The fourth-order valence-corrected chi connectivity index (χ4v) is 3.17. The molecule has 0 heterocycles. The molecule has 3 fully saturated rings. The molecule has 4 radical (unpaired) electrons. The lowest BCUT2D eigenvalue weighted by atomic mass is 9.34. The van der Waals surface area contributed by atoms with Gasteiger partial charge >= 0.3 is 0 Å². The lowest BCUT2D eigenvalue weighted by Crippen LogP contribution is -2.46. The van der Waals surface area contributed by atoms with Crippen molar-refractivity contribution in [3.05, 3.63) is 0 Å². The molecule has 0 N–H and O–H groups in total. The van der Waals surface area contributed by atoms with E-state index in [2.05, 4.69) is 20.8 Å². The number of fused-ring (bicyclic) bond motifs is 1. The van der Waals surface area contributed by atoms with Gasteiger partial charge in [0.15, 0.2) is 0 Å². The third-order valence-electron chi connectivity index (χ3n) is 4.38. The summed E-state index contributed by atoms with van der Waals surface area (Å²) < 4.78 is 0. The molecular formula is C11H18B2. The largest absolute Gasteiger partial charge is 0.0911 e. The minimum Gasteiger partial charge on any atom is -0.0911 e. The molecule has 3 aliphatic carbocycles. The number of hydrogen-bond donors (Lipinski definition) is 0. The topological polar surface area (TPSA) is 0 Å². The molecule has 0 aromatic carbocycles. The first-order valence-electron chi connectivity index (χ1n) is 5.42. The molecule has 0 aliphatic heterocycles. The van der Waals surface area contributed by atoms with Gasteiger partial charge in [-0.15, -0.1) is 0 Å². The van der Waals surface area contributed by atoms with E-state index in [0.717, 1.165) is 11.8 Å². The van der Waals surface area contributed by atoms with Gasteiger partial charge in [-0.05, 0) is 42.4 Å². The van der Waals surface area contributed by atoms with Gasteiger partial charge in [-0.2, -0.15) is 0 Å². The summed E-state index contributed by atoms with van der Waals surface area (Å²) >= 11 is 0. The standard InChI is InChI=1S/C11H18B2/c1-10(2,3)11(12,13)9-7-4-5-8(9)6-7/h7-9H,4-6H2,1-3H3. The van der Waals surface area contributed by atoms with Gasteiger partial charge in [0.2, 0.25) is 0 Å². The molecule has 0 spiro atoms. The maximum absolute atomic E-state index is 6.30. The number of rotatable bonds is 1. The second kappa shape index (κ2) is 2.58. The summed E-state index contributed by atoms with van der Waals surface area (Å²) in [4.78, 5) is 0. The van der Waals surface area contributed by atoms with Crippen molar-refractivity contribution >= 4 is 15.7 Å². The zero-order chi connectivity index (χ0) is 9.85. The zero-order valence-corrected chi connectivity index (χ0v) is 9.01. The van der Waals surface area contributed by atoms with E-state index in [-0.39, 0.29) is 5.41 Å². The molecular weight excluding hydrogens is 154 g/mol. The highest BCUT2D eigenvalue weighted by Gasteiger charge is 2.55. The van der Waals surface area contributed by atoms with Gasteiger partial charge in [-0.25, -0.2) is 0 Å². The van der Waals surface area contributed by atoms with E-state index in [1.165, 1.54) is 19.3 Å². The van der Waals surface area contributed by atoms with Crippen LogP contribution in [0, 0.1) is 23.2 Å². The van der Waals surface area contributed by atoms with Gasteiger partial charge in [-0.1, -0.05) is 26.0 Å². The van der Waals surface area contributed by atoms with E-state index in [4.69, 9.17) is 15.7 Å². The Morgan fingerprint density at radius 1 is 1.00 bits per heavy atom. The second-order valence-corrected chi connectivity index (χ2v) is 6.04. The van der Waals surface area contributed by atoms with Gasteiger partial charge in [0, 0.05) is 0 Å². The quantitative estimate of drug-likeness (QED) is 0.533. The highest BCUT2D eigenvalue weighted by molar-refractivity contribution is 6.40. The SMILES string of the molecule is [B]C([B])(C1C2CCC1C2)C(C)(C)C. The van der Waals surface area contributed by atoms with E-state index in [9.17, 15) is 0 Å². The normalized spacial score (nSPS) is 38.8. The second-order valence-electron chi connectivity index (χ2n) is 6.04. The van der Waals surface area contributed by atoms with Crippen molar-refractivity contribution in [2.24, 2.45) is 23.2 Å². The van der Waals surface area contributed by atoms with Crippen LogP contribution in [0.25, 0.3) is 0 Å². The van der Waals surface area contributed by atoms with E-state index >= 15 is 0 Å². The van der Waals surface area contributed by atoms with Crippen LogP contribution in [0.2, 0.25) is 5.21 Å². The van der Waals surface area contributed by atoms with Crippen LogP contribution in [0.4, 0.5) is 0 Å². The molecule has 2 heteroatoms. The van der Waals surface area contributed by atoms with Crippen molar-refractivity contribution in [1.82, 2.24) is 0 Å². The maximum atomic E-state index is 6.30. The molecule has 68 valence electrons. The highest BCUT2D eigenvalue weighted by atomic mass is 14.6. The Hall–Kier alpha value is 0.130. The summed E-state index contributed by atoms with van der Waals surface area (Å²) in [6.07, 6.45) is 4.11. The van der Waals surface area contributed by atoms with Crippen LogP contribution in [0.5, 0.6) is 0 Å². The molecule has 3 rings (SSSR count). The molecule has 2 atom stereocenters. The average Bonchev–Trinajstić information content (AvgIpc) is 2.38. The van der Waals surface area contributed by atoms with Gasteiger partial charge in [-0.3, -0.25) is 0 Å². The molecule has 2 unspecified atom stereocenters. The number of hydrogen-bond acceptors (Lipinski definition) is 0. The zero-order valence-electron chi connectivity index (χ0n) is 9.01. The predicted octanol–water partition coefficient (Wildman–Crippen LogP) is 2.53. The molecule has 13 heavy (non-hydrogen) atoms. The van der Waals surface area contributed by atoms with E-state index in [0.29, 0.717) is 5.92 Å². The van der Waals surface area contributed by atoms with Crippen LogP contribution in [-0.4, -0.2) is 15.7 Å². The molecule has 2 bridgehead atoms. The molecule has 0 nitrogen and oxygen atoms in total. The van der Waals surface area contributed by atoms with Crippen LogP contribution in [-0.2, 0) is 0 Å². The van der Waals surface area contributed by atoms with Crippen molar-refractivity contribution in [3.63, 3.8) is 0 Å². The van der Waals surface area contributed by atoms with E-state index in [1.54, 1.807) is 0 Å². The molecule has 0 amide bonds. The van der Waals surface area contributed by atoms with Crippen molar-refractivity contribution < 1.29 is 0 Å². The lowest BCUT2D eigenvalue weighted by molar-refractivity contribution is 0.0816. The Morgan fingerprint density at radius 2 is 1.46 bits per heavy atom. The van der Waals surface area contributed by atoms with Gasteiger partial charge < -0.3 is 0 Å². The summed E-state index contributed by atoms with van der Waals surface area (Å²) in [6.45, 7) is 6.47. The van der Waals surface area contributed by atoms with Gasteiger partial charge in [0.05, 0.1) is 15.7 Å². The molecule has 0 saturated heterocycles. The molecule has 3 aliphatic rings. The van der Waals surface area contributed by atoms with E-state index in [1.807, 2.05) is 0 Å². The van der Waals surface area contributed by atoms with Crippen molar-refractivity contribution in [2.75, 3.05) is 0 Å². The van der Waals surface area contributed by atoms with Crippen LogP contribution in [0.15, 0.2) is 0 Å².